The van der Waals surface area contributed by atoms with Gasteiger partial charge in [-0.1, -0.05) is 29.8 Å². The fourth-order valence-corrected chi connectivity index (χ4v) is 3.48. The van der Waals surface area contributed by atoms with Crippen molar-refractivity contribution in [3.8, 4) is 11.4 Å². The topological polar surface area (TPSA) is 65.4 Å². The van der Waals surface area contributed by atoms with Crippen molar-refractivity contribution in [3.05, 3.63) is 75.6 Å². The van der Waals surface area contributed by atoms with Gasteiger partial charge in [-0.3, -0.25) is 4.79 Å². The molecule has 164 valence electrons. The van der Waals surface area contributed by atoms with E-state index in [2.05, 4.69) is 10.4 Å². The first-order valence-corrected chi connectivity index (χ1v) is 10.6. The minimum Gasteiger partial charge on any atom is -0.491 e. The Balaban J connectivity index is 1.64. The maximum absolute atomic E-state index is 12.6. The van der Waals surface area contributed by atoms with Crippen LogP contribution in [-0.4, -0.2) is 36.0 Å². The van der Waals surface area contributed by atoms with Crippen LogP contribution in [0.4, 0.5) is 0 Å². The average molecular weight is 442 g/mol. The number of carbonyl (C=O) groups excluding carboxylic acids is 1. The molecule has 0 spiro atoms. The largest absolute Gasteiger partial charge is 0.491 e. The zero-order chi connectivity index (χ0) is 22.4. The molecule has 0 aliphatic carbocycles. The van der Waals surface area contributed by atoms with Crippen LogP contribution in [0.2, 0.25) is 5.02 Å². The Kier molecular flexibility index (Phi) is 7.71. The molecule has 0 unspecified atom stereocenters. The first-order chi connectivity index (χ1) is 14.9. The summed E-state index contributed by atoms with van der Waals surface area (Å²) in [5.41, 5.74) is 5.56. The second kappa shape index (κ2) is 10.5. The zero-order valence-corrected chi connectivity index (χ0v) is 19.1. The number of hydrogen-bond acceptors (Lipinski definition) is 4. The van der Waals surface area contributed by atoms with E-state index in [9.17, 15) is 4.79 Å². The standard InChI is InChI=1S/C24H28ClN3O3/c1-16-8-9-20(13-23(16)25)28-18(3)22(17(2)27-28)14-24(29)26-15-19-6-5-7-21(12-19)31-11-10-30-4/h5-9,12-13H,10-11,14-15H2,1-4H3,(H,26,29). The Morgan fingerprint density at radius 1 is 1.13 bits per heavy atom. The molecule has 3 aromatic rings. The number of hydrogen-bond donors (Lipinski definition) is 1. The number of nitrogens with one attached hydrogen (secondary N) is 1. The molecular formula is C24H28ClN3O3. The highest BCUT2D eigenvalue weighted by atomic mass is 35.5. The summed E-state index contributed by atoms with van der Waals surface area (Å²) in [4.78, 5) is 12.6. The Morgan fingerprint density at radius 2 is 1.94 bits per heavy atom. The molecule has 0 saturated heterocycles. The van der Waals surface area contributed by atoms with Gasteiger partial charge in [0.2, 0.25) is 5.91 Å². The van der Waals surface area contributed by atoms with Crippen molar-refractivity contribution in [1.82, 2.24) is 15.1 Å². The summed E-state index contributed by atoms with van der Waals surface area (Å²) in [7, 11) is 1.64. The maximum Gasteiger partial charge on any atom is 0.224 e. The molecule has 7 heteroatoms. The van der Waals surface area contributed by atoms with Crippen LogP contribution >= 0.6 is 11.6 Å². The number of nitrogens with zero attached hydrogens (tertiary/aromatic N) is 2. The van der Waals surface area contributed by atoms with Crippen LogP contribution in [-0.2, 0) is 22.5 Å². The van der Waals surface area contributed by atoms with E-state index in [1.165, 1.54) is 0 Å². The van der Waals surface area contributed by atoms with Crippen LogP contribution < -0.4 is 10.1 Å². The molecule has 0 atom stereocenters. The molecule has 0 aliphatic rings. The number of amides is 1. The van der Waals surface area contributed by atoms with Crippen molar-refractivity contribution < 1.29 is 14.3 Å². The third kappa shape index (κ3) is 5.87. The highest BCUT2D eigenvalue weighted by Gasteiger charge is 2.16. The molecule has 31 heavy (non-hydrogen) atoms. The molecule has 1 N–H and O–H groups in total. The van der Waals surface area contributed by atoms with E-state index in [4.69, 9.17) is 21.1 Å². The van der Waals surface area contributed by atoms with Crippen molar-refractivity contribution in [3.63, 3.8) is 0 Å². The lowest BCUT2D eigenvalue weighted by atomic mass is 10.1. The predicted octanol–water partition coefficient (Wildman–Crippen LogP) is 4.34. The fraction of sp³-hybridized carbons (Fsp3) is 0.333. The van der Waals surface area contributed by atoms with Crippen molar-refractivity contribution in [2.75, 3.05) is 20.3 Å². The van der Waals surface area contributed by atoms with E-state index >= 15 is 0 Å². The van der Waals surface area contributed by atoms with Crippen molar-refractivity contribution in [2.45, 2.75) is 33.7 Å². The molecule has 0 bridgehead atoms. The fourth-order valence-electron chi connectivity index (χ4n) is 3.31. The van der Waals surface area contributed by atoms with Crippen LogP contribution in [0.25, 0.3) is 5.69 Å². The van der Waals surface area contributed by atoms with Crippen molar-refractivity contribution >= 4 is 17.5 Å². The summed E-state index contributed by atoms with van der Waals surface area (Å²) in [5.74, 6) is 0.701. The zero-order valence-electron chi connectivity index (χ0n) is 18.4. The maximum atomic E-state index is 12.6. The Morgan fingerprint density at radius 3 is 2.68 bits per heavy atom. The minimum atomic E-state index is -0.0570. The van der Waals surface area contributed by atoms with Gasteiger partial charge >= 0.3 is 0 Å². The Hall–Kier alpha value is -2.83. The van der Waals surface area contributed by atoms with Crippen molar-refractivity contribution in [1.29, 1.82) is 0 Å². The molecule has 1 aromatic heterocycles. The molecule has 6 nitrogen and oxygen atoms in total. The van der Waals surface area contributed by atoms with E-state index in [-0.39, 0.29) is 12.3 Å². The SMILES string of the molecule is COCCOc1cccc(CNC(=O)Cc2c(C)nn(-c3ccc(C)c(Cl)c3)c2C)c1. The minimum absolute atomic E-state index is 0.0570. The Bertz CT molecular complexity index is 1060. The van der Waals surface area contributed by atoms with Crippen LogP contribution in [0.3, 0.4) is 0 Å². The normalized spacial score (nSPS) is 10.9. The highest BCUT2D eigenvalue weighted by Crippen LogP contribution is 2.23. The lowest BCUT2D eigenvalue weighted by Gasteiger charge is -2.09. The van der Waals surface area contributed by atoms with E-state index in [0.29, 0.717) is 24.8 Å². The summed E-state index contributed by atoms with van der Waals surface area (Å²) in [5, 5.41) is 8.30. The van der Waals surface area contributed by atoms with Gasteiger partial charge < -0.3 is 14.8 Å². The molecular weight excluding hydrogens is 414 g/mol. The van der Waals surface area contributed by atoms with Gasteiger partial charge in [-0.15, -0.1) is 0 Å². The molecule has 1 heterocycles. The first-order valence-electron chi connectivity index (χ1n) is 10.2. The monoisotopic (exact) mass is 441 g/mol. The third-order valence-electron chi connectivity index (χ3n) is 5.12. The lowest BCUT2D eigenvalue weighted by Crippen LogP contribution is -2.25. The van der Waals surface area contributed by atoms with Crippen LogP contribution in [0, 0.1) is 20.8 Å². The molecule has 0 saturated carbocycles. The van der Waals surface area contributed by atoms with Gasteiger partial charge in [-0.05, 0) is 56.2 Å². The van der Waals surface area contributed by atoms with E-state index in [1.807, 2.05) is 67.9 Å². The number of carbonyl (C=O) groups is 1. The molecule has 3 rings (SSSR count). The van der Waals surface area contributed by atoms with Gasteiger partial charge in [0, 0.05) is 29.9 Å². The molecule has 0 radical (unpaired) electrons. The number of benzene rings is 2. The second-order valence-corrected chi connectivity index (χ2v) is 7.84. The summed E-state index contributed by atoms with van der Waals surface area (Å²) < 4.78 is 12.5. The highest BCUT2D eigenvalue weighted by molar-refractivity contribution is 6.31. The summed E-state index contributed by atoms with van der Waals surface area (Å²) in [6.45, 7) is 7.30. The van der Waals surface area contributed by atoms with Gasteiger partial charge in [-0.25, -0.2) is 4.68 Å². The van der Waals surface area contributed by atoms with Crippen molar-refractivity contribution in [2.24, 2.45) is 0 Å². The Labute approximate surface area is 188 Å². The quantitative estimate of drug-likeness (QED) is 0.502. The number of aryl methyl sites for hydroxylation is 2. The predicted molar refractivity (Wildman–Crippen MR) is 122 cm³/mol. The van der Waals surface area contributed by atoms with Gasteiger partial charge in [0.25, 0.3) is 0 Å². The van der Waals surface area contributed by atoms with Gasteiger partial charge in [0.15, 0.2) is 0 Å². The molecule has 0 aliphatic heterocycles. The third-order valence-corrected chi connectivity index (χ3v) is 5.53. The van der Waals surface area contributed by atoms with Crippen LogP contribution in [0.15, 0.2) is 42.5 Å². The average Bonchev–Trinajstić information content (AvgIpc) is 3.03. The molecule has 2 aromatic carbocycles. The van der Waals surface area contributed by atoms with E-state index in [0.717, 1.165) is 39.5 Å². The lowest BCUT2D eigenvalue weighted by molar-refractivity contribution is -0.120. The summed E-state index contributed by atoms with van der Waals surface area (Å²) in [6, 6.07) is 13.5. The van der Waals surface area contributed by atoms with E-state index in [1.54, 1.807) is 7.11 Å². The van der Waals surface area contributed by atoms with E-state index < -0.39 is 0 Å². The number of rotatable bonds is 9. The number of aromatic nitrogens is 2. The number of ether oxygens (including phenoxy) is 2. The second-order valence-electron chi connectivity index (χ2n) is 7.44. The van der Waals surface area contributed by atoms with Crippen LogP contribution in [0.1, 0.15) is 28.1 Å². The summed E-state index contributed by atoms with van der Waals surface area (Å²) >= 11 is 6.27. The van der Waals surface area contributed by atoms with Gasteiger partial charge in [0.05, 0.1) is 24.4 Å². The molecule has 1 amide bonds. The van der Waals surface area contributed by atoms with Gasteiger partial charge in [0.1, 0.15) is 12.4 Å². The first kappa shape index (κ1) is 22.8. The van der Waals surface area contributed by atoms with Crippen LogP contribution in [0.5, 0.6) is 5.75 Å². The summed E-state index contributed by atoms with van der Waals surface area (Å²) in [6.07, 6.45) is 0.265. The number of halogens is 1. The smallest absolute Gasteiger partial charge is 0.224 e. The molecule has 0 fully saturated rings. The number of methoxy groups -OCH3 is 1. The van der Waals surface area contributed by atoms with Gasteiger partial charge in [-0.2, -0.15) is 5.10 Å².